The number of halogens is 3. The lowest BCUT2D eigenvalue weighted by Gasteiger charge is -2.16. The first-order valence-electron chi connectivity index (χ1n) is 10.8. The Hall–Kier alpha value is -2.55. The van der Waals surface area contributed by atoms with Gasteiger partial charge in [-0.25, -0.2) is 0 Å². The number of nitrogens with zero attached hydrogens (tertiary/aromatic N) is 2. The van der Waals surface area contributed by atoms with Gasteiger partial charge in [-0.3, -0.25) is 9.48 Å². The molecule has 0 aliphatic carbocycles. The molecule has 1 aromatic heterocycles. The second-order valence-corrected chi connectivity index (χ2v) is 9.38. The Morgan fingerprint density at radius 1 is 1.22 bits per heavy atom. The Kier molecular flexibility index (Phi) is 8.34. The summed E-state index contributed by atoms with van der Waals surface area (Å²) in [5, 5.41) is 3.27. The Morgan fingerprint density at radius 3 is 2.47 bits per heavy atom. The first-order valence-corrected chi connectivity index (χ1v) is 10.8. The van der Waals surface area contributed by atoms with Crippen molar-refractivity contribution in [1.29, 1.82) is 0 Å². The van der Waals surface area contributed by atoms with Crippen molar-refractivity contribution in [3.8, 4) is 5.75 Å². The van der Waals surface area contributed by atoms with E-state index in [9.17, 15) is 18.0 Å². The van der Waals surface area contributed by atoms with E-state index < -0.39 is 17.6 Å². The number of hydroxylamine groups is 1. The molecule has 2 aromatic rings. The molecule has 1 aromatic carbocycles. The molecule has 0 unspecified atom stereocenters. The van der Waals surface area contributed by atoms with Gasteiger partial charge in [0.1, 0.15) is 0 Å². The third-order valence-electron chi connectivity index (χ3n) is 4.47. The monoisotopic (exact) mass is 454 g/mol. The van der Waals surface area contributed by atoms with Crippen LogP contribution >= 0.6 is 0 Å². The standard InChI is InChI=1S/C23H33F3N4O2/c1-7-8-11-30-20(13-17(28-30)14-22(4,5)6)27-21(31)18-12-16(23(24,25)26)9-10-19(18)32-29-15(2)3/h9-10,12-13,15,28-29H,7-8,11,14H2,1-6H3. The highest BCUT2D eigenvalue weighted by atomic mass is 19.4. The summed E-state index contributed by atoms with van der Waals surface area (Å²) in [4.78, 5) is 22.6. The summed E-state index contributed by atoms with van der Waals surface area (Å²) >= 11 is 0. The second kappa shape index (κ2) is 10.4. The van der Waals surface area contributed by atoms with Crippen LogP contribution in [0.25, 0.3) is 0 Å². The van der Waals surface area contributed by atoms with Crippen molar-refractivity contribution in [1.82, 2.24) is 15.3 Å². The van der Waals surface area contributed by atoms with E-state index in [1.165, 1.54) is 0 Å². The van der Waals surface area contributed by atoms with E-state index in [1.807, 2.05) is 13.8 Å². The van der Waals surface area contributed by atoms with Crippen LogP contribution in [0.5, 0.6) is 5.75 Å². The van der Waals surface area contributed by atoms with Gasteiger partial charge in [0.2, 0.25) is 0 Å². The zero-order chi connectivity index (χ0) is 24.1. The van der Waals surface area contributed by atoms with Gasteiger partial charge in [-0.05, 0) is 50.3 Å². The summed E-state index contributed by atoms with van der Waals surface area (Å²) in [5.41, 5.74) is 2.77. The molecule has 32 heavy (non-hydrogen) atoms. The first kappa shape index (κ1) is 25.7. The third-order valence-corrected chi connectivity index (χ3v) is 4.47. The summed E-state index contributed by atoms with van der Waals surface area (Å²) in [6.07, 6.45) is -2.04. The number of hydrogen-bond acceptors (Lipinski definition) is 3. The largest absolute Gasteiger partial charge is 0.416 e. The lowest BCUT2D eigenvalue weighted by Crippen LogP contribution is -2.27. The number of H-pyrrole nitrogens is 1. The minimum atomic E-state index is -4.59. The second-order valence-electron chi connectivity index (χ2n) is 9.38. The fourth-order valence-corrected chi connectivity index (χ4v) is 3.05. The Morgan fingerprint density at radius 2 is 1.91 bits per heavy atom. The highest BCUT2D eigenvalue weighted by molar-refractivity contribution is 5.97. The number of carbonyl (C=O) groups is 1. The van der Waals surface area contributed by atoms with Gasteiger partial charge < -0.3 is 9.94 Å². The maximum Gasteiger partial charge on any atom is 0.416 e. The molecule has 0 spiro atoms. The molecular weight excluding hydrogens is 421 g/mol. The van der Waals surface area contributed by atoms with Crippen LogP contribution in [0.3, 0.4) is 0 Å². The predicted molar refractivity (Wildman–Crippen MR) is 117 cm³/mol. The van der Waals surface area contributed by atoms with Gasteiger partial charge >= 0.3 is 6.18 Å². The number of amides is 1. The number of benzene rings is 1. The smallest absolute Gasteiger partial charge is 0.408 e. The summed E-state index contributed by atoms with van der Waals surface area (Å²) in [7, 11) is 0. The van der Waals surface area contributed by atoms with Gasteiger partial charge in [0.25, 0.3) is 5.91 Å². The Labute approximate surface area is 186 Å². The molecule has 0 saturated carbocycles. The van der Waals surface area contributed by atoms with Crippen LogP contribution in [0.15, 0.2) is 29.3 Å². The number of carbonyl (C=O) groups excluding carboxylic acids is 1. The molecular formula is C23H33F3N4O2. The summed E-state index contributed by atoms with van der Waals surface area (Å²) in [6.45, 7) is 12.6. The molecule has 0 radical (unpaired) electrons. The molecule has 1 heterocycles. The normalized spacial score (nSPS) is 13.1. The Bertz CT molecular complexity index is 982. The highest BCUT2D eigenvalue weighted by Gasteiger charge is 2.32. The van der Waals surface area contributed by atoms with E-state index in [1.54, 1.807) is 10.7 Å². The maximum atomic E-state index is 13.3. The van der Waals surface area contributed by atoms with Crippen LogP contribution in [-0.4, -0.2) is 21.7 Å². The van der Waals surface area contributed by atoms with Gasteiger partial charge in [0.05, 0.1) is 11.1 Å². The third kappa shape index (κ3) is 7.55. The van der Waals surface area contributed by atoms with E-state index in [2.05, 4.69) is 43.3 Å². The zero-order valence-electron chi connectivity index (χ0n) is 19.6. The van der Waals surface area contributed by atoms with E-state index in [0.29, 0.717) is 12.0 Å². The number of aromatic nitrogens is 2. The number of rotatable bonds is 8. The summed E-state index contributed by atoms with van der Waals surface area (Å²) in [5.74, 6) is -0.811. The van der Waals surface area contributed by atoms with Crippen molar-refractivity contribution in [2.75, 3.05) is 0 Å². The van der Waals surface area contributed by atoms with Crippen molar-refractivity contribution in [2.24, 2.45) is 10.4 Å². The van der Waals surface area contributed by atoms with Crippen LogP contribution in [0.1, 0.15) is 76.0 Å². The van der Waals surface area contributed by atoms with Crippen LogP contribution in [0.4, 0.5) is 13.2 Å². The van der Waals surface area contributed by atoms with Crippen molar-refractivity contribution in [2.45, 2.75) is 79.6 Å². The number of aryl methyl sites for hydroxylation is 1. The fourth-order valence-electron chi connectivity index (χ4n) is 3.05. The molecule has 178 valence electrons. The molecule has 1 amide bonds. The number of unbranched alkanes of at least 4 members (excludes halogenated alkanes) is 1. The topological polar surface area (TPSA) is 71.4 Å². The van der Waals surface area contributed by atoms with Crippen LogP contribution < -0.4 is 15.8 Å². The minimum absolute atomic E-state index is 0.00833. The molecule has 0 atom stereocenters. The molecule has 6 nitrogen and oxygen atoms in total. The quantitative estimate of drug-likeness (QED) is 0.535. The molecule has 2 rings (SSSR count). The van der Waals surface area contributed by atoms with E-state index >= 15 is 0 Å². The molecule has 0 bridgehead atoms. The van der Waals surface area contributed by atoms with Crippen LogP contribution in [0, 0.1) is 5.41 Å². The first-order chi connectivity index (χ1) is 14.8. The average molecular weight is 455 g/mol. The highest BCUT2D eigenvalue weighted by Crippen LogP contribution is 2.32. The molecule has 2 N–H and O–H groups in total. The fraction of sp³-hybridized carbons (Fsp3) is 0.565. The Balaban J connectivity index is 2.52. The van der Waals surface area contributed by atoms with Crippen LogP contribution in [0.2, 0.25) is 0 Å². The van der Waals surface area contributed by atoms with Gasteiger partial charge in [0.15, 0.2) is 11.2 Å². The summed E-state index contributed by atoms with van der Waals surface area (Å²) < 4.78 is 41.5. The average Bonchev–Trinajstić information content (AvgIpc) is 3.02. The number of nitrogens with one attached hydrogen (secondary N) is 2. The predicted octanol–water partition coefficient (Wildman–Crippen LogP) is 5.26. The SMILES string of the molecule is CCCCn1[nH]c(CC(C)(C)C)cc1=NC(=O)c1cc(C(F)(F)F)ccc1ONC(C)C. The van der Waals surface area contributed by atoms with E-state index in [4.69, 9.17) is 4.84 Å². The molecule has 0 saturated heterocycles. The van der Waals surface area contributed by atoms with Crippen molar-refractivity contribution >= 4 is 5.91 Å². The van der Waals surface area contributed by atoms with E-state index in [0.717, 1.165) is 43.2 Å². The number of alkyl halides is 3. The van der Waals surface area contributed by atoms with Gasteiger partial charge in [-0.2, -0.15) is 23.6 Å². The van der Waals surface area contributed by atoms with Gasteiger partial charge in [-0.1, -0.05) is 34.1 Å². The molecule has 0 aliphatic rings. The lowest BCUT2D eigenvalue weighted by atomic mass is 9.91. The minimum Gasteiger partial charge on any atom is -0.408 e. The van der Waals surface area contributed by atoms with Crippen molar-refractivity contribution in [3.05, 3.63) is 46.6 Å². The van der Waals surface area contributed by atoms with Crippen molar-refractivity contribution in [3.63, 3.8) is 0 Å². The lowest BCUT2D eigenvalue weighted by molar-refractivity contribution is -0.137. The van der Waals surface area contributed by atoms with Crippen molar-refractivity contribution < 1.29 is 22.8 Å². The molecule has 0 fully saturated rings. The zero-order valence-corrected chi connectivity index (χ0v) is 19.6. The maximum absolute atomic E-state index is 13.3. The van der Waals surface area contributed by atoms with Gasteiger partial charge in [0, 0.05) is 24.3 Å². The molecule has 9 heteroatoms. The number of hydrogen-bond donors (Lipinski definition) is 2. The van der Waals surface area contributed by atoms with E-state index in [-0.39, 0.29) is 22.8 Å². The number of aromatic amines is 1. The molecule has 0 aliphatic heterocycles. The van der Waals surface area contributed by atoms with Crippen LogP contribution in [-0.2, 0) is 19.1 Å². The summed E-state index contributed by atoms with van der Waals surface area (Å²) in [6, 6.07) is 4.47. The van der Waals surface area contributed by atoms with Gasteiger partial charge in [-0.15, -0.1) is 0 Å².